The van der Waals surface area contributed by atoms with Crippen LogP contribution >= 0.6 is 0 Å². The molecule has 0 aliphatic carbocycles. The number of nitrogens with zero attached hydrogens (tertiary/aromatic N) is 1. The number of carbonyl (C=O) groups is 1. The first-order valence-corrected chi connectivity index (χ1v) is 11.3. The van der Waals surface area contributed by atoms with Crippen molar-refractivity contribution < 1.29 is 9.90 Å². The summed E-state index contributed by atoms with van der Waals surface area (Å²) >= 11 is 0. The molecule has 0 spiro atoms. The summed E-state index contributed by atoms with van der Waals surface area (Å²) in [4.78, 5) is 30.2. The van der Waals surface area contributed by atoms with Crippen LogP contribution in [0.15, 0.2) is 53.3 Å². The summed E-state index contributed by atoms with van der Waals surface area (Å²) in [5, 5.41) is 9.64. The van der Waals surface area contributed by atoms with E-state index in [0.29, 0.717) is 28.1 Å². The molecule has 2 N–H and O–H groups in total. The molecule has 170 valence electrons. The number of H-pyrrole nitrogens is 1. The van der Waals surface area contributed by atoms with Crippen LogP contribution in [0.5, 0.6) is 5.75 Å². The summed E-state index contributed by atoms with van der Waals surface area (Å²) in [6, 6.07) is 13.9. The first kappa shape index (κ1) is 25.1. The number of aryl methyl sites for hydroxylation is 1. The molecule has 5 heteroatoms. The summed E-state index contributed by atoms with van der Waals surface area (Å²) < 4.78 is 0. The largest absolute Gasteiger partial charge is 0.508 e. The summed E-state index contributed by atoms with van der Waals surface area (Å²) in [5.41, 5.74) is 3.37. The van der Waals surface area contributed by atoms with Crippen molar-refractivity contribution in [2.45, 2.75) is 60.3 Å². The third kappa shape index (κ3) is 7.19. The molecule has 2 aromatic carbocycles. The Morgan fingerprint density at radius 3 is 2.31 bits per heavy atom. The Labute approximate surface area is 190 Å². The zero-order valence-corrected chi connectivity index (χ0v) is 19.7. The molecule has 0 unspecified atom stereocenters. The maximum Gasteiger partial charge on any atom is 0.345 e. The maximum absolute atomic E-state index is 11.9. The van der Waals surface area contributed by atoms with Gasteiger partial charge in [0.25, 0.3) is 0 Å². The fraction of sp³-hybridized carbons (Fsp3) is 0.370. The third-order valence-electron chi connectivity index (χ3n) is 5.38. The highest BCUT2D eigenvalue weighted by Crippen LogP contribution is 2.26. The van der Waals surface area contributed by atoms with Crippen LogP contribution in [0.3, 0.4) is 0 Å². The van der Waals surface area contributed by atoms with E-state index in [1.165, 1.54) is 32.6 Å². The number of aromatic hydroxyl groups is 1. The van der Waals surface area contributed by atoms with E-state index in [1.807, 2.05) is 0 Å². The zero-order chi connectivity index (χ0) is 23.7. The van der Waals surface area contributed by atoms with Crippen LogP contribution in [0.2, 0.25) is 0 Å². The minimum Gasteiger partial charge on any atom is -0.508 e. The molecular weight excluding hydrogens is 400 g/mol. The predicted molar refractivity (Wildman–Crippen MR) is 131 cm³/mol. The van der Waals surface area contributed by atoms with Crippen molar-refractivity contribution in [3.05, 3.63) is 70.1 Å². The van der Waals surface area contributed by atoms with E-state index in [1.54, 1.807) is 55.5 Å². The minimum atomic E-state index is -0.471. The number of aromatic nitrogens is 2. The Bertz CT molecular complexity index is 1100. The van der Waals surface area contributed by atoms with Gasteiger partial charge in [0.1, 0.15) is 5.75 Å². The summed E-state index contributed by atoms with van der Waals surface area (Å²) in [7, 11) is 0. The van der Waals surface area contributed by atoms with Crippen LogP contribution in [-0.2, 0) is 0 Å². The van der Waals surface area contributed by atoms with E-state index < -0.39 is 5.69 Å². The molecule has 1 aromatic heterocycles. The number of phenols is 1. The average molecular weight is 435 g/mol. The Kier molecular flexibility index (Phi) is 9.39. The van der Waals surface area contributed by atoms with E-state index in [-0.39, 0.29) is 11.5 Å². The first-order valence-electron chi connectivity index (χ1n) is 11.3. The molecule has 3 aromatic rings. The Balaban J connectivity index is 0.000000390. The van der Waals surface area contributed by atoms with Crippen LogP contribution in [0, 0.1) is 12.8 Å². The molecule has 0 saturated carbocycles. The van der Waals surface area contributed by atoms with Gasteiger partial charge in [0.05, 0.1) is 11.4 Å². The summed E-state index contributed by atoms with van der Waals surface area (Å²) in [6.07, 6.45) is 5.52. The van der Waals surface area contributed by atoms with Gasteiger partial charge in [0.15, 0.2) is 5.78 Å². The van der Waals surface area contributed by atoms with E-state index in [0.717, 1.165) is 11.5 Å². The van der Waals surface area contributed by atoms with Gasteiger partial charge in [0, 0.05) is 11.1 Å². The number of carbonyl (C=O) groups excluding carboxylic acids is 1. The van der Waals surface area contributed by atoms with Gasteiger partial charge in [-0.1, -0.05) is 64.7 Å². The number of hydrogen-bond donors (Lipinski definition) is 2. The highest BCUT2D eigenvalue weighted by molar-refractivity contribution is 5.95. The second kappa shape index (κ2) is 12.0. The van der Waals surface area contributed by atoms with Crippen molar-refractivity contribution in [2.75, 3.05) is 0 Å². The fourth-order valence-corrected chi connectivity index (χ4v) is 3.61. The van der Waals surface area contributed by atoms with Gasteiger partial charge in [-0.05, 0) is 61.2 Å². The van der Waals surface area contributed by atoms with Crippen LogP contribution in [-0.4, -0.2) is 20.9 Å². The van der Waals surface area contributed by atoms with Gasteiger partial charge in [-0.15, -0.1) is 0 Å². The van der Waals surface area contributed by atoms with Gasteiger partial charge < -0.3 is 10.1 Å². The molecule has 32 heavy (non-hydrogen) atoms. The lowest BCUT2D eigenvalue weighted by Crippen LogP contribution is -2.12. The molecule has 0 amide bonds. The predicted octanol–water partition coefficient (Wildman–Crippen LogP) is 6.54. The number of nitrogens with one attached hydrogen (secondary N) is 1. The van der Waals surface area contributed by atoms with Gasteiger partial charge in [-0.2, -0.15) is 4.98 Å². The van der Waals surface area contributed by atoms with E-state index in [2.05, 4.69) is 30.7 Å². The molecule has 0 atom stereocenters. The number of ketones is 1. The zero-order valence-electron chi connectivity index (χ0n) is 19.7. The van der Waals surface area contributed by atoms with Crippen LogP contribution < -0.4 is 5.69 Å². The molecule has 0 saturated heterocycles. The number of aromatic amines is 1. The molecule has 3 rings (SSSR count). The van der Waals surface area contributed by atoms with Crippen molar-refractivity contribution in [3.8, 4) is 28.3 Å². The van der Waals surface area contributed by atoms with Crippen LogP contribution in [0.4, 0.5) is 0 Å². The van der Waals surface area contributed by atoms with Crippen molar-refractivity contribution in [1.29, 1.82) is 0 Å². The monoisotopic (exact) mass is 434 g/mol. The second-order valence-corrected chi connectivity index (χ2v) is 8.31. The van der Waals surface area contributed by atoms with Crippen molar-refractivity contribution >= 4 is 5.78 Å². The SMILES string of the molecule is CC(=O)c1cccc(-c2cc(-c3ccc(O)c(C)c3)[nH]c(=O)n2)c1.CCCC(C)CCC. The van der Waals surface area contributed by atoms with Gasteiger partial charge in [0.2, 0.25) is 0 Å². The number of benzene rings is 2. The third-order valence-corrected chi connectivity index (χ3v) is 5.38. The molecule has 0 radical (unpaired) electrons. The number of rotatable bonds is 7. The number of Topliss-reactive ketones (excluding diaryl/α,β-unsaturated/α-hetero) is 1. The Hall–Kier alpha value is -3.21. The topological polar surface area (TPSA) is 83.0 Å². The molecule has 0 fully saturated rings. The quantitative estimate of drug-likeness (QED) is 0.413. The second-order valence-electron chi connectivity index (χ2n) is 8.31. The first-order chi connectivity index (χ1) is 15.2. The smallest absolute Gasteiger partial charge is 0.345 e. The van der Waals surface area contributed by atoms with Crippen LogP contribution in [0.1, 0.15) is 69.3 Å². The lowest BCUT2D eigenvalue weighted by molar-refractivity contribution is 0.101. The van der Waals surface area contributed by atoms with E-state index >= 15 is 0 Å². The molecular formula is C27H34N2O3. The number of phenolic OH excluding ortho intramolecular Hbond substituents is 1. The molecule has 0 aliphatic heterocycles. The summed E-state index contributed by atoms with van der Waals surface area (Å²) in [5.74, 6) is 1.12. The lowest BCUT2D eigenvalue weighted by atomic mass is 10.0. The van der Waals surface area contributed by atoms with Gasteiger partial charge in [-0.25, -0.2) is 4.79 Å². The van der Waals surface area contributed by atoms with Crippen molar-refractivity contribution in [2.24, 2.45) is 5.92 Å². The number of hydrogen-bond acceptors (Lipinski definition) is 4. The van der Waals surface area contributed by atoms with E-state index in [9.17, 15) is 14.7 Å². The Morgan fingerprint density at radius 1 is 1.03 bits per heavy atom. The molecule has 5 nitrogen and oxygen atoms in total. The van der Waals surface area contributed by atoms with Crippen LogP contribution in [0.25, 0.3) is 22.5 Å². The Morgan fingerprint density at radius 2 is 1.72 bits per heavy atom. The van der Waals surface area contributed by atoms with Gasteiger partial charge >= 0.3 is 5.69 Å². The molecule has 0 aliphatic rings. The molecule has 0 bridgehead atoms. The lowest BCUT2D eigenvalue weighted by Gasteiger charge is -2.07. The normalized spacial score (nSPS) is 10.6. The standard InChI is InChI=1S/C19H16N2O3.C8H18/c1-11-8-15(6-7-18(11)23)17-10-16(20-19(24)21-17)14-5-3-4-13(9-14)12(2)22;1-4-6-8(3)7-5-2/h3-10,23H,1-2H3,(H,20,21,24);8H,4-7H2,1-3H3. The highest BCUT2D eigenvalue weighted by Gasteiger charge is 2.09. The minimum absolute atomic E-state index is 0.0453. The van der Waals surface area contributed by atoms with Crippen molar-refractivity contribution in [3.63, 3.8) is 0 Å². The fourth-order valence-electron chi connectivity index (χ4n) is 3.61. The average Bonchev–Trinajstić information content (AvgIpc) is 2.76. The summed E-state index contributed by atoms with van der Waals surface area (Å²) in [6.45, 7) is 10.1. The van der Waals surface area contributed by atoms with Gasteiger partial charge in [-0.3, -0.25) is 4.79 Å². The maximum atomic E-state index is 11.9. The highest BCUT2D eigenvalue weighted by atomic mass is 16.3. The molecule has 1 heterocycles. The van der Waals surface area contributed by atoms with E-state index in [4.69, 9.17) is 0 Å². The van der Waals surface area contributed by atoms with Crippen molar-refractivity contribution in [1.82, 2.24) is 9.97 Å².